The molecule has 0 radical (unpaired) electrons. The molecule has 0 spiro atoms. The van der Waals surface area contributed by atoms with Gasteiger partial charge in [-0.2, -0.15) is 4.98 Å². The summed E-state index contributed by atoms with van der Waals surface area (Å²) in [6, 6.07) is 7.81. The maximum Gasteiger partial charge on any atom is 0.224 e. The number of ether oxygens (including phenoxy) is 1. The number of anilines is 1. The van der Waals surface area contributed by atoms with Crippen molar-refractivity contribution in [3.05, 3.63) is 45.8 Å². The van der Waals surface area contributed by atoms with E-state index in [1.807, 2.05) is 24.3 Å². The zero-order chi connectivity index (χ0) is 13.0. The van der Waals surface area contributed by atoms with Crippen LogP contribution in [-0.2, 0) is 6.54 Å². The molecule has 0 aliphatic heterocycles. The van der Waals surface area contributed by atoms with Gasteiger partial charge in [-0.3, -0.25) is 0 Å². The van der Waals surface area contributed by atoms with Gasteiger partial charge in [0.15, 0.2) is 0 Å². The van der Waals surface area contributed by atoms with Crippen molar-refractivity contribution in [3.8, 4) is 5.75 Å². The molecule has 0 saturated carbocycles. The predicted octanol–water partition coefficient (Wildman–Crippen LogP) is 3.51. The standard InChI is InChI=1S/C12H11BrClN3O/c1-18-9-4-2-8(3-5-9)6-15-11-10(13)7-16-12(14)17-11/h2-5,7H,6H2,1H3,(H,15,16,17). The highest BCUT2D eigenvalue weighted by molar-refractivity contribution is 9.10. The van der Waals surface area contributed by atoms with Crippen LogP contribution in [0.1, 0.15) is 5.56 Å². The Balaban J connectivity index is 2.04. The monoisotopic (exact) mass is 327 g/mol. The predicted molar refractivity (Wildman–Crippen MR) is 75.1 cm³/mol. The second kappa shape index (κ2) is 6.02. The minimum Gasteiger partial charge on any atom is -0.497 e. The summed E-state index contributed by atoms with van der Waals surface area (Å²) in [4.78, 5) is 7.96. The summed E-state index contributed by atoms with van der Waals surface area (Å²) in [6.07, 6.45) is 1.62. The highest BCUT2D eigenvalue weighted by Crippen LogP contribution is 2.21. The average Bonchev–Trinajstić information content (AvgIpc) is 2.40. The Kier molecular flexibility index (Phi) is 4.38. The molecule has 4 nitrogen and oxygen atoms in total. The molecule has 2 aromatic rings. The fourth-order valence-corrected chi connectivity index (χ4v) is 1.86. The fraction of sp³-hybridized carbons (Fsp3) is 0.167. The van der Waals surface area contributed by atoms with E-state index in [-0.39, 0.29) is 5.28 Å². The molecule has 0 bridgehead atoms. The van der Waals surface area contributed by atoms with Gasteiger partial charge in [0.05, 0.1) is 11.6 Å². The van der Waals surface area contributed by atoms with Gasteiger partial charge >= 0.3 is 0 Å². The van der Waals surface area contributed by atoms with Crippen molar-refractivity contribution in [2.24, 2.45) is 0 Å². The molecule has 18 heavy (non-hydrogen) atoms. The highest BCUT2D eigenvalue weighted by Gasteiger charge is 2.03. The number of hydrogen-bond donors (Lipinski definition) is 1. The number of aromatic nitrogens is 2. The first-order valence-electron chi connectivity index (χ1n) is 5.24. The van der Waals surface area contributed by atoms with Crippen LogP contribution in [0.4, 0.5) is 5.82 Å². The Morgan fingerprint density at radius 3 is 2.72 bits per heavy atom. The molecule has 0 atom stereocenters. The quantitative estimate of drug-likeness (QED) is 0.873. The topological polar surface area (TPSA) is 47.0 Å². The molecule has 1 heterocycles. The van der Waals surface area contributed by atoms with E-state index in [1.165, 1.54) is 0 Å². The average molecular weight is 329 g/mol. The first kappa shape index (κ1) is 13.1. The van der Waals surface area contributed by atoms with Gasteiger partial charge in [-0.15, -0.1) is 0 Å². The minimum absolute atomic E-state index is 0.218. The van der Waals surface area contributed by atoms with Crippen LogP contribution in [0.2, 0.25) is 5.28 Å². The van der Waals surface area contributed by atoms with Crippen molar-refractivity contribution >= 4 is 33.3 Å². The third kappa shape index (κ3) is 3.34. The number of nitrogens with one attached hydrogen (secondary N) is 1. The van der Waals surface area contributed by atoms with Crippen molar-refractivity contribution in [2.45, 2.75) is 6.54 Å². The second-order valence-electron chi connectivity index (χ2n) is 3.54. The smallest absolute Gasteiger partial charge is 0.224 e. The zero-order valence-electron chi connectivity index (χ0n) is 9.65. The van der Waals surface area contributed by atoms with Gasteiger partial charge in [0.25, 0.3) is 0 Å². The van der Waals surface area contributed by atoms with Crippen LogP contribution in [0.3, 0.4) is 0 Å². The lowest BCUT2D eigenvalue weighted by atomic mass is 10.2. The van der Waals surface area contributed by atoms with E-state index in [0.717, 1.165) is 15.8 Å². The van der Waals surface area contributed by atoms with Crippen LogP contribution in [0.25, 0.3) is 0 Å². The largest absolute Gasteiger partial charge is 0.497 e. The van der Waals surface area contributed by atoms with Gasteiger partial charge in [0.1, 0.15) is 11.6 Å². The molecule has 1 aromatic carbocycles. The van der Waals surface area contributed by atoms with E-state index in [2.05, 4.69) is 31.2 Å². The lowest BCUT2D eigenvalue weighted by molar-refractivity contribution is 0.414. The van der Waals surface area contributed by atoms with Crippen LogP contribution >= 0.6 is 27.5 Å². The molecule has 0 saturated heterocycles. The number of rotatable bonds is 4. The molecule has 0 amide bonds. The molecule has 6 heteroatoms. The minimum atomic E-state index is 0.218. The van der Waals surface area contributed by atoms with Gasteiger partial charge in [-0.1, -0.05) is 12.1 Å². The van der Waals surface area contributed by atoms with E-state index < -0.39 is 0 Å². The van der Waals surface area contributed by atoms with Gasteiger partial charge in [0, 0.05) is 12.7 Å². The maximum atomic E-state index is 5.74. The van der Waals surface area contributed by atoms with Gasteiger partial charge in [-0.25, -0.2) is 4.98 Å². The number of methoxy groups -OCH3 is 1. The summed E-state index contributed by atoms with van der Waals surface area (Å²) >= 11 is 9.10. The molecule has 0 unspecified atom stereocenters. The first-order valence-corrected chi connectivity index (χ1v) is 6.41. The number of nitrogens with zero attached hydrogens (tertiary/aromatic N) is 2. The maximum absolute atomic E-state index is 5.74. The van der Waals surface area contributed by atoms with E-state index in [0.29, 0.717) is 12.4 Å². The first-order chi connectivity index (χ1) is 8.69. The Bertz CT molecular complexity index is 533. The molecule has 0 aliphatic carbocycles. The molecule has 0 aliphatic rings. The van der Waals surface area contributed by atoms with Crippen LogP contribution in [-0.4, -0.2) is 17.1 Å². The third-order valence-electron chi connectivity index (χ3n) is 2.33. The molecule has 94 valence electrons. The summed E-state index contributed by atoms with van der Waals surface area (Å²) in [5.41, 5.74) is 1.12. The highest BCUT2D eigenvalue weighted by atomic mass is 79.9. The van der Waals surface area contributed by atoms with Crippen LogP contribution < -0.4 is 10.1 Å². The van der Waals surface area contributed by atoms with Crippen LogP contribution in [0, 0.1) is 0 Å². The van der Waals surface area contributed by atoms with Crippen molar-refractivity contribution in [1.82, 2.24) is 9.97 Å². The molecule has 1 N–H and O–H groups in total. The Morgan fingerprint density at radius 2 is 2.06 bits per heavy atom. The summed E-state index contributed by atoms with van der Waals surface area (Å²) in [5.74, 6) is 1.51. The third-order valence-corrected chi connectivity index (χ3v) is 3.10. The Hall–Kier alpha value is -1.33. The molecule has 1 aromatic heterocycles. The van der Waals surface area contributed by atoms with E-state index in [1.54, 1.807) is 13.3 Å². The van der Waals surface area contributed by atoms with Crippen molar-refractivity contribution in [3.63, 3.8) is 0 Å². The summed E-state index contributed by atoms with van der Waals surface area (Å²) in [6.45, 7) is 0.649. The number of halogens is 2. The Labute approximate surface area is 118 Å². The summed E-state index contributed by atoms with van der Waals surface area (Å²) in [5, 5.41) is 3.40. The fourth-order valence-electron chi connectivity index (χ4n) is 1.40. The second-order valence-corrected chi connectivity index (χ2v) is 4.73. The molecule has 0 fully saturated rings. The van der Waals surface area contributed by atoms with Crippen molar-refractivity contribution in [1.29, 1.82) is 0 Å². The van der Waals surface area contributed by atoms with Gasteiger partial charge in [-0.05, 0) is 45.2 Å². The van der Waals surface area contributed by atoms with Crippen molar-refractivity contribution < 1.29 is 4.74 Å². The van der Waals surface area contributed by atoms with E-state index >= 15 is 0 Å². The number of benzene rings is 1. The molecular weight excluding hydrogens is 318 g/mol. The number of hydrogen-bond acceptors (Lipinski definition) is 4. The van der Waals surface area contributed by atoms with Gasteiger partial charge in [0.2, 0.25) is 5.28 Å². The Morgan fingerprint density at radius 1 is 1.33 bits per heavy atom. The summed E-state index contributed by atoms with van der Waals surface area (Å²) < 4.78 is 5.88. The van der Waals surface area contributed by atoms with E-state index in [4.69, 9.17) is 16.3 Å². The van der Waals surface area contributed by atoms with Crippen molar-refractivity contribution in [2.75, 3.05) is 12.4 Å². The molecule has 2 rings (SSSR count). The zero-order valence-corrected chi connectivity index (χ0v) is 12.0. The van der Waals surface area contributed by atoms with Gasteiger partial charge < -0.3 is 10.1 Å². The van der Waals surface area contributed by atoms with Crippen LogP contribution in [0.5, 0.6) is 5.75 Å². The summed E-state index contributed by atoms with van der Waals surface area (Å²) in [7, 11) is 1.65. The molecular formula is C12H11BrClN3O. The SMILES string of the molecule is COc1ccc(CNc2nc(Cl)ncc2Br)cc1. The van der Waals surface area contributed by atoms with E-state index in [9.17, 15) is 0 Å². The lowest BCUT2D eigenvalue weighted by Crippen LogP contribution is -2.02. The van der Waals surface area contributed by atoms with Crippen LogP contribution in [0.15, 0.2) is 34.9 Å². The normalized spacial score (nSPS) is 10.2. The lowest BCUT2D eigenvalue weighted by Gasteiger charge is -2.08.